The quantitative estimate of drug-likeness (QED) is 0.185. The summed E-state index contributed by atoms with van der Waals surface area (Å²) >= 11 is 0. The first-order valence-electron chi connectivity index (χ1n) is 5.10. The van der Waals surface area contributed by atoms with Crippen LogP contribution in [0, 0.1) is 0 Å². The fraction of sp³-hybridized carbons (Fsp3) is 0.556. The maximum atomic E-state index is 11.0. The lowest BCUT2D eigenvalue weighted by atomic mass is 10.2. The highest BCUT2D eigenvalue weighted by molar-refractivity contribution is 5.85. The Balaban J connectivity index is 4.26. The Bertz CT molecular complexity index is 379. The van der Waals surface area contributed by atoms with Crippen molar-refractivity contribution < 1.29 is 59.3 Å². The molecular formula is C9H12O12. The van der Waals surface area contributed by atoms with E-state index in [0.29, 0.717) is 0 Å². The van der Waals surface area contributed by atoms with Crippen molar-refractivity contribution in [1.82, 2.24) is 0 Å². The zero-order chi connectivity index (χ0) is 16.7. The van der Waals surface area contributed by atoms with E-state index in [1.165, 1.54) is 0 Å². The van der Waals surface area contributed by atoms with E-state index in [1.54, 1.807) is 0 Å². The second kappa shape index (κ2) is 8.11. The van der Waals surface area contributed by atoms with Gasteiger partial charge in [-0.1, -0.05) is 0 Å². The third-order valence-corrected chi connectivity index (χ3v) is 1.99. The van der Waals surface area contributed by atoms with Gasteiger partial charge >= 0.3 is 23.9 Å². The number of carbonyl (C=O) groups excluding carboxylic acids is 2. The van der Waals surface area contributed by atoms with Gasteiger partial charge < -0.3 is 40.1 Å². The van der Waals surface area contributed by atoms with Gasteiger partial charge in [-0.25, -0.2) is 19.2 Å². The van der Waals surface area contributed by atoms with Gasteiger partial charge in [-0.15, -0.1) is 0 Å². The summed E-state index contributed by atoms with van der Waals surface area (Å²) in [4.78, 5) is 42.5. The molecule has 4 atom stereocenters. The minimum absolute atomic E-state index is 1.22. The highest BCUT2D eigenvalue weighted by Crippen LogP contribution is 2.00. The molecule has 0 saturated heterocycles. The molecule has 0 aliphatic carbocycles. The molecule has 0 aliphatic heterocycles. The number of carbonyl (C=O) groups is 4. The standard InChI is InChI=1S/C9H12O12/c10-2(6(14)15)4(12)8(18)20-1-21-9(19)5(13)3(11)7(16)17/h2-5,10-13H,1H2,(H,14,15)(H,16,17). The van der Waals surface area contributed by atoms with Crippen LogP contribution in [0.3, 0.4) is 0 Å². The fourth-order valence-corrected chi connectivity index (χ4v) is 0.844. The van der Waals surface area contributed by atoms with E-state index in [-0.39, 0.29) is 0 Å². The van der Waals surface area contributed by atoms with Crippen molar-refractivity contribution in [3.8, 4) is 0 Å². The van der Waals surface area contributed by atoms with Gasteiger partial charge in [0.1, 0.15) is 0 Å². The maximum absolute atomic E-state index is 11.0. The second-order valence-electron chi connectivity index (χ2n) is 3.50. The second-order valence-corrected chi connectivity index (χ2v) is 3.50. The third kappa shape index (κ3) is 5.70. The first-order valence-corrected chi connectivity index (χ1v) is 5.10. The minimum Gasteiger partial charge on any atom is -0.479 e. The fourth-order valence-electron chi connectivity index (χ4n) is 0.844. The van der Waals surface area contributed by atoms with Crippen LogP contribution in [0.4, 0.5) is 0 Å². The van der Waals surface area contributed by atoms with Crippen LogP contribution in [-0.4, -0.2) is 85.7 Å². The third-order valence-electron chi connectivity index (χ3n) is 1.99. The lowest BCUT2D eigenvalue weighted by Gasteiger charge is -2.15. The number of ether oxygens (including phenoxy) is 2. The van der Waals surface area contributed by atoms with Crippen LogP contribution in [0.2, 0.25) is 0 Å². The molecule has 0 aromatic carbocycles. The highest BCUT2D eigenvalue weighted by Gasteiger charge is 2.33. The zero-order valence-corrected chi connectivity index (χ0v) is 10.1. The van der Waals surface area contributed by atoms with E-state index >= 15 is 0 Å². The Hall–Kier alpha value is -2.28. The average Bonchev–Trinajstić information content (AvgIpc) is 2.43. The van der Waals surface area contributed by atoms with Crippen molar-refractivity contribution in [2.45, 2.75) is 24.4 Å². The summed E-state index contributed by atoms with van der Waals surface area (Å²) in [7, 11) is 0. The number of carboxylic acids is 2. The van der Waals surface area contributed by atoms with E-state index in [1.807, 2.05) is 0 Å². The number of aliphatic hydroxyl groups is 4. The van der Waals surface area contributed by atoms with Crippen molar-refractivity contribution >= 4 is 23.9 Å². The first kappa shape index (κ1) is 18.7. The molecule has 0 saturated carbocycles. The van der Waals surface area contributed by atoms with Crippen molar-refractivity contribution in [2.24, 2.45) is 0 Å². The first-order chi connectivity index (χ1) is 9.59. The molecule has 0 aromatic rings. The van der Waals surface area contributed by atoms with Gasteiger partial charge in [0, 0.05) is 0 Å². The Morgan fingerprint density at radius 1 is 0.667 bits per heavy atom. The summed E-state index contributed by atoms with van der Waals surface area (Å²) in [6.45, 7) is -1.22. The Morgan fingerprint density at radius 3 is 1.19 bits per heavy atom. The minimum atomic E-state index is -2.47. The summed E-state index contributed by atoms with van der Waals surface area (Å²) < 4.78 is 8.08. The molecule has 12 heteroatoms. The molecule has 12 nitrogen and oxygen atoms in total. The number of rotatable bonds is 8. The molecule has 0 amide bonds. The van der Waals surface area contributed by atoms with E-state index < -0.39 is 55.1 Å². The van der Waals surface area contributed by atoms with E-state index in [0.717, 1.165) is 0 Å². The summed E-state index contributed by atoms with van der Waals surface area (Å²) in [5.74, 6) is -7.11. The number of aliphatic carboxylic acids is 2. The smallest absolute Gasteiger partial charge is 0.341 e. The van der Waals surface area contributed by atoms with Crippen LogP contribution in [0.25, 0.3) is 0 Å². The van der Waals surface area contributed by atoms with Crippen LogP contribution in [0.1, 0.15) is 0 Å². The summed E-state index contributed by atoms with van der Waals surface area (Å²) in [6.07, 6.45) is -9.83. The maximum Gasteiger partial charge on any atom is 0.341 e. The van der Waals surface area contributed by atoms with Gasteiger partial charge in [-0.05, 0) is 0 Å². The molecular weight excluding hydrogens is 300 g/mol. The van der Waals surface area contributed by atoms with Gasteiger partial charge in [0.2, 0.25) is 6.79 Å². The van der Waals surface area contributed by atoms with Crippen molar-refractivity contribution in [3.63, 3.8) is 0 Å². The lowest BCUT2D eigenvalue weighted by molar-refractivity contribution is -0.188. The normalized spacial score (nSPS) is 16.2. The van der Waals surface area contributed by atoms with E-state index in [9.17, 15) is 19.2 Å². The van der Waals surface area contributed by atoms with Crippen LogP contribution >= 0.6 is 0 Å². The molecule has 4 unspecified atom stereocenters. The largest absolute Gasteiger partial charge is 0.479 e. The van der Waals surface area contributed by atoms with Gasteiger partial charge in [-0.3, -0.25) is 0 Å². The van der Waals surface area contributed by atoms with Crippen LogP contribution in [0.5, 0.6) is 0 Å². The van der Waals surface area contributed by atoms with Crippen molar-refractivity contribution in [3.05, 3.63) is 0 Å². The summed E-state index contributed by atoms with van der Waals surface area (Å²) in [5, 5.41) is 52.1. The van der Waals surface area contributed by atoms with Gasteiger partial charge in [0.05, 0.1) is 0 Å². The van der Waals surface area contributed by atoms with Crippen LogP contribution in [0.15, 0.2) is 0 Å². The molecule has 0 aromatic heterocycles. The Kier molecular flexibility index (Phi) is 7.23. The van der Waals surface area contributed by atoms with Gasteiger partial charge in [-0.2, -0.15) is 0 Å². The van der Waals surface area contributed by atoms with Crippen LogP contribution in [-0.2, 0) is 28.7 Å². The predicted molar refractivity (Wildman–Crippen MR) is 56.3 cm³/mol. The summed E-state index contributed by atoms with van der Waals surface area (Å²) in [5.41, 5.74) is 0. The number of hydrogen-bond acceptors (Lipinski definition) is 10. The van der Waals surface area contributed by atoms with Gasteiger partial charge in [0.25, 0.3) is 0 Å². The average molecular weight is 312 g/mol. The van der Waals surface area contributed by atoms with Gasteiger partial charge in [0.15, 0.2) is 24.4 Å². The topological polar surface area (TPSA) is 208 Å². The molecule has 6 N–H and O–H groups in total. The zero-order valence-electron chi connectivity index (χ0n) is 10.1. The molecule has 0 bridgehead atoms. The number of carboxylic acid groups (broad SMARTS) is 2. The monoisotopic (exact) mass is 312 g/mol. The molecule has 0 fully saturated rings. The molecule has 0 heterocycles. The Labute approximate surface area is 115 Å². The Morgan fingerprint density at radius 2 is 0.952 bits per heavy atom. The number of aliphatic hydroxyl groups excluding tert-OH is 4. The lowest BCUT2D eigenvalue weighted by Crippen LogP contribution is -2.42. The molecule has 0 aliphatic rings. The predicted octanol–water partition coefficient (Wildman–Crippen LogP) is -4.36. The van der Waals surface area contributed by atoms with Crippen LogP contribution < -0.4 is 0 Å². The number of esters is 2. The number of hydrogen-bond donors (Lipinski definition) is 6. The SMILES string of the molecule is O=C(O)C(O)C(O)C(=O)OCOC(=O)C(O)C(O)C(=O)O. The summed E-state index contributed by atoms with van der Waals surface area (Å²) in [6, 6.07) is 0. The van der Waals surface area contributed by atoms with E-state index in [2.05, 4.69) is 9.47 Å². The van der Waals surface area contributed by atoms with Crippen molar-refractivity contribution in [1.29, 1.82) is 0 Å². The molecule has 120 valence electrons. The molecule has 21 heavy (non-hydrogen) atoms. The molecule has 0 rings (SSSR count). The van der Waals surface area contributed by atoms with E-state index in [4.69, 9.17) is 30.6 Å². The molecule has 0 spiro atoms. The molecule has 0 radical (unpaired) electrons. The van der Waals surface area contributed by atoms with Crippen molar-refractivity contribution in [2.75, 3.05) is 6.79 Å². The highest BCUT2D eigenvalue weighted by atomic mass is 16.7.